The fourth-order valence-electron chi connectivity index (χ4n) is 1.98. The van der Waals surface area contributed by atoms with Crippen molar-refractivity contribution in [2.24, 2.45) is 0 Å². The van der Waals surface area contributed by atoms with Crippen LogP contribution in [0.1, 0.15) is 42.6 Å². The van der Waals surface area contributed by atoms with E-state index in [4.69, 9.17) is 4.74 Å². The van der Waals surface area contributed by atoms with Gasteiger partial charge in [-0.1, -0.05) is 6.92 Å². The van der Waals surface area contributed by atoms with Gasteiger partial charge in [0, 0.05) is 19.6 Å². The Labute approximate surface area is 107 Å². The largest absolute Gasteiger partial charge is 0.378 e. The topological polar surface area (TPSA) is 47.0 Å². The van der Waals surface area contributed by atoms with Gasteiger partial charge in [-0.05, 0) is 32.2 Å². The molecular weight excluding hydrogens is 234 g/mol. The molecule has 5 heteroatoms. The van der Waals surface area contributed by atoms with Crippen LogP contribution >= 0.6 is 11.3 Å². The van der Waals surface area contributed by atoms with Crippen molar-refractivity contribution in [3.8, 4) is 0 Å². The second-order valence-corrected chi connectivity index (χ2v) is 5.61. The molecule has 1 aliphatic heterocycles. The van der Waals surface area contributed by atoms with Crippen molar-refractivity contribution < 1.29 is 4.74 Å². The summed E-state index contributed by atoms with van der Waals surface area (Å²) in [5.41, 5.74) is 0. The Kier molecular flexibility index (Phi) is 5.35. The molecule has 0 aromatic carbocycles. The van der Waals surface area contributed by atoms with Gasteiger partial charge in [0.15, 0.2) is 0 Å². The van der Waals surface area contributed by atoms with E-state index in [1.54, 1.807) is 11.3 Å². The van der Waals surface area contributed by atoms with Crippen molar-refractivity contribution >= 4 is 11.3 Å². The van der Waals surface area contributed by atoms with E-state index in [0.29, 0.717) is 6.10 Å². The maximum Gasteiger partial charge on any atom is 0.131 e. The Morgan fingerprint density at radius 1 is 1.35 bits per heavy atom. The lowest BCUT2D eigenvalue weighted by Gasteiger charge is -2.21. The van der Waals surface area contributed by atoms with E-state index in [1.807, 2.05) is 0 Å². The lowest BCUT2D eigenvalue weighted by Crippen LogP contribution is -2.21. The summed E-state index contributed by atoms with van der Waals surface area (Å²) in [6.45, 7) is 4.96. The summed E-state index contributed by atoms with van der Waals surface area (Å²) in [6.07, 6.45) is 6.12. The van der Waals surface area contributed by atoms with Crippen LogP contribution in [0.3, 0.4) is 0 Å². The van der Waals surface area contributed by atoms with Crippen LogP contribution in [0.4, 0.5) is 0 Å². The van der Waals surface area contributed by atoms with Gasteiger partial charge in [0.05, 0.1) is 6.10 Å². The van der Waals surface area contributed by atoms with E-state index in [0.717, 1.165) is 42.6 Å². The van der Waals surface area contributed by atoms with Gasteiger partial charge in [-0.25, -0.2) is 0 Å². The number of ether oxygens (including phenoxy) is 1. The molecule has 4 nitrogen and oxygen atoms in total. The Morgan fingerprint density at radius 3 is 3.00 bits per heavy atom. The molecule has 0 spiro atoms. The minimum absolute atomic E-state index is 0.369. The quantitative estimate of drug-likeness (QED) is 0.791. The molecule has 1 fully saturated rings. The van der Waals surface area contributed by atoms with Gasteiger partial charge in [0.1, 0.15) is 10.0 Å². The second-order valence-electron chi connectivity index (χ2n) is 4.46. The van der Waals surface area contributed by atoms with Gasteiger partial charge >= 0.3 is 0 Å². The molecular formula is C12H21N3OS. The highest BCUT2D eigenvalue weighted by atomic mass is 32.1. The molecule has 1 saturated heterocycles. The molecule has 1 N–H and O–H groups in total. The number of nitrogens with zero attached hydrogens (tertiary/aromatic N) is 2. The zero-order valence-corrected chi connectivity index (χ0v) is 11.3. The fourth-order valence-corrected chi connectivity index (χ4v) is 2.86. The van der Waals surface area contributed by atoms with Crippen LogP contribution in [0.25, 0.3) is 0 Å². The van der Waals surface area contributed by atoms with E-state index >= 15 is 0 Å². The number of hydrogen-bond acceptors (Lipinski definition) is 5. The third-order valence-corrected chi connectivity index (χ3v) is 3.83. The lowest BCUT2D eigenvalue weighted by molar-refractivity contribution is 0.0167. The van der Waals surface area contributed by atoms with E-state index < -0.39 is 0 Å². The highest BCUT2D eigenvalue weighted by Gasteiger charge is 2.16. The SMILES string of the molecule is CCCNCc1nnc(CC2CCCCO2)s1. The van der Waals surface area contributed by atoms with Crippen LogP contribution in [-0.2, 0) is 17.7 Å². The first-order valence-corrected chi connectivity index (χ1v) is 7.33. The smallest absolute Gasteiger partial charge is 0.131 e. The highest BCUT2D eigenvalue weighted by molar-refractivity contribution is 7.11. The van der Waals surface area contributed by atoms with Crippen LogP contribution in [0.2, 0.25) is 0 Å². The van der Waals surface area contributed by atoms with Crippen LogP contribution in [0, 0.1) is 0 Å². The number of aromatic nitrogens is 2. The summed E-state index contributed by atoms with van der Waals surface area (Å²) in [7, 11) is 0. The molecule has 17 heavy (non-hydrogen) atoms. The van der Waals surface area contributed by atoms with Crippen molar-refractivity contribution in [1.82, 2.24) is 15.5 Å². The van der Waals surface area contributed by atoms with Crippen LogP contribution < -0.4 is 5.32 Å². The molecule has 1 atom stereocenters. The van der Waals surface area contributed by atoms with Gasteiger partial charge in [-0.15, -0.1) is 21.5 Å². The minimum Gasteiger partial charge on any atom is -0.378 e. The van der Waals surface area contributed by atoms with Gasteiger partial charge in [-0.2, -0.15) is 0 Å². The molecule has 0 amide bonds. The minimum atomic E-state index is 0.369. The first kappa shape index (κ1) is 12.9. The molecule has 1 aromatic heterocycles. The summed E-state index contributed by atoms with van der Waals surface area (Å²) in [5, 5.41) is 14.0. The Hall–Kier alpha value is -0.520. The lowest BCUT2D eigenvalue weighted by atomic mass is 10.1. The molecule has 0 saturated carbocycles. The summed E-state index contributed by atoms with van der Waals surface area (Å²) in [5.74, 6) is 0. The van der Waals surface area contributed by atoms with Crippen molar-refractivity contribution in [3.63, 3.8) is 0 Å². The van der Waals surface area contributed by atoms with Gasteiger partial charge in [-0.3, -0.25) is 0 Å². The fraction of sp³-hybridized carbons (Fsp3) is 0.833. The molecule has 0 aliphatic carbocycles. The monoisotopic (exact) mass is 255 g/mol. The molecule has 0 bridgehead atoms. The number of hydrogen-bond donors (Lipinski definition) is 1. The predicted octanol–water partition coefficient (Wildman–Crippen LogP) is 2.15. The number of rotatable bonds is 6. The molecule has 1 unspecified atom stereocenters. The van der Waals surface area contributed by atoms with Gasteiger partial charge in [0.25, 0.3) is 0 Å². The Morgan fingerprint density at radius 2 is 2.24 bits per heavy atom. The van der Waals surface area contributed by atoms with E-state index in [9.17, 15) is 0 Å². The second kappa shape index (κ2) is 7.03. The van der Waals surface area contributed by atoms with Gasteiger partial charge < -0.3 is 10.1 Å². The van der Waals surface area contributed by atoms with Crippen molar-refractivity contribution in [2.45, 2.75) is 51.7 Å². The normalized spacial score (nSPS) is 20.6. The van der Waals surface area contributed by atoms with Crippen LogP contribution in [0.5, 0.6) is 0 Å². The molecule has 96 valence electrons. The highest BCUT2D eigenvalue weighted by Crippen LogP contribution is 2.19. The van der Waals surface area contributed by atoms with Crippen molar-refractivity contribution in [2.75, 3.05) is 13.2 Å². The summed E-state index contributed by atoms with van der Waals surface area (Å²) < 4.78 is 5.71. The van der Waals surface area contributed by atoms with Crippen molar-refractivity contribution in [3.05, 3.63) is 10.0 Å². The average Bonchev–Trinajstić information content (AvgIpc) is 2.79. The zero-order chi connectivity index (χ0) is 11.9. The molecule has 1 aromatic rings. The molecule has 2 heterocycles. The Balaban J connectivity index is 1.76. The van der Waals surface area contributed by atoms with Gasteiger partial charge in [0.2, 0.25) is 0 Å². The molecule has 2 rings (SSSR count). The summed E-state index contributed by atoms with van der Waals surface area (Å²) >= 11 is 1.71. The van der Waals surface area contributed by atoms with Crippen molar-refractivity contribution in [1.29, 1.82) is 0 Å². The van der Waals surface area contributed by atoms with E-state index in [2.05, 4.69) is 22.4 Å². The van der Waals surface area contributed by atoms with Crippen LogP contribution in [0.15, 0.2) is 0 Å². The van der Waals surface area contributed by atoms with E-state index in [-0.39, 0.29) is 0 Å². The Bertz CT molecular complexity index is 323. The average molecular weight is 255 g/mol. The third-order valence-electron chi connectivity index (χ3n) is 2.89. The maximum absolute atomic E-state index is 5.71. The first-order chi connectivity index (χ1) is 8.38. The maximum atomic E-state index is 5.71. The number of nitrogens with one attached hydrogen (secondary N) is 1. The summed E-state index contributed by atoms with van der Waals surface area (Å²) in [4.78, 5) is 0. The zero-order valence-electron chi connectivity index (χ0n) is 10.4. The third kappa shape index (κ3) is 4.33. The summed E-state index contributed by atoms with van der Waals surface area (Å²) in [6, 6.07) is 0. The standard InChI is InChI=1S/C12H21N3OS/c1-2-6-13-9-12-15-14-11(17-12)8-10-5-3-4-7-16-10/h10,13H,2-9H2,1H3. The molecule has 0 radical (unpaired) electrons. The van der Waals surface area contributed by atoms with E-state index in [1.165, 1.54) is 19.3 Å². The predicted molar refractivity (Wildman–Crippen MR) is 69.2 cm³/mol. The van der Waals surface area contributed by atoms with Crippen LogP contribution in [-0.4, -0.2) is 29.5 Å². The molecule has 1 aliphatic rings. The first-order valence-electron chi connectivity index (χ1n) is 6.52.